The zero-order valence-corrected chi connectivity index (χ0v) is 18.3. The number of hydrogen-bond acceptors (Lipinski definition) is 2. The molecule has 0 fully saturated rings. The van der Waals surface area contributed by atoms with Crippen LogP contribution >= 0.6 is 0 Å². The van der Waals surface area contributed by atoms with Crippen LogP contribution in [0.2, 0.25) is 0 Å². The summed E-state index contributed by atoms with van der Waals surface area (Å²) in [5, 5.41) is 5.54. The Morgan fingerprint density at radius 3 is 1.39 bits per heavy atom. The maximum atomic E-state index is 5.55. The fraction of sp³-hybridized carbons (Fsp3) is 0.462. The smallest absolute Gasteiger partial charge is 0.0546 e. The maximum absolute atomic E-state index is 5.55. The summed E-state index contributed by atoms with van der Waals surface area (Å²) in [6, 6.07) is 13.8. The van der Waals surface area contributed by atoms with Crippen molar-refractivity contribution < 1.29 is 9.47 Å². The summed E-state index contributed by atoms with van der Waals surface area (Å²) in [6.45, 7) is 8.69. The lowest BCUT2D eigenvalue weighted by atomic mass is 9.85. The Morgan fingerprint density at radius 1 is 0.643 bits per heavy atom. The van der Waals surface area contributed by atoms with Gasteiger partial charge in [0.1, 0.15) is 0 Å². The molecule has 0 aliphatic carbocycles. The van der Waals surface area contributed by atoms with E-state index >= 15 is 0 Å². The molecule has 28 heavy (non-hydrogen) atoms. The number of hydrogen-bond donors (Lipinski definition) is 0. The van der Waals surface area contributed by atoms with E-state index in [1.54, 1.807) is 14.2 Å². The summed E-state index contributed by atoms with van der Waals surface area (Å²) >= 11 is 0. The SMILES string of the molecule is COC(C)CCc1c(CCC(C)OC)c2cc(C)ccc2c2ccc(C)cc12. The lowest BCUT2D eigenvalue weighted by Crippen LogP contribution is -2.10. The normalized spacial score (nSPS) is 13.9. The van der Waals surface area contributed by atoms with Gasteiger partial charge in [-0.3, -0.25) is 0 Å². The van der Waals surface area contributed by atoms with Crippen LogP contribution in [0.5, 0.6) is 0 Å². The van der Waals surface area contributed by atoms with E-state index in [0.717, 1.165) is 25.7 Å². The molecular formula is C26H34O2. The van der Waals surface area contributed by atoms with Gasteiger partial charge in [0.25, 0.3) is 0 Å². The predicted octanol–water partition coefficient (Wildman–Crippen LogP) is 6.54. The first kappa shape index (κ1) is 20.8. The molecule has 2 unspecified atom stereocenters. The zero-order valence-electron chi connectivity index (χ0n) is 18.3. The van der Waals surface area contributed by atoms with Crippen LogP contribution in [0.25, 0.3) is 21.5 Å². The average Bonchev–Trinajstić information content (AvgIpc) is 2.69. The molecule has 0 heterocycles. The summed E-state index contributed by atoms with van der Waals surface area (Å²) in [6.07, 6.45) is 4.66. The molecule has 0 aromatic heterocycles. The van der Waals surface area contributed by atoms with Gasteiger partial charge in [0.15, 0.2) is 0 Å². The molecule has 0 spiro atoms. The molecule has 3 aromatic carbocycles. The van der Waals surface area contributed by atoms with Crippen LogP contribution < -0.4 is 0 Å². The molecule has 2 heteroatoms. The number of rotatable bonds is 8. The minimum Gasteiger partial charge on any atom is -0.382 e. The van der Waals surface area contributed by atoms with E-state index < -0.39 is 0 Å². The summed E-state index contributed by atoms with van der Waals surface area (Å²) in [4.78, 5) is 0. The molecule has 0 aliphatic heterocycles. The maximum Gasteiger partial charge on any atom is 0.0546 e. The molecule has 0 aliphatic rings. The molecule has 0 saturated heterocycles. The number of aryl methyl sites for hydroxylation is 4. The van der Waals surface area contributed by atoms with Crippen LogP contribution in [0.1, 0.15) is 48.9 Å². The number of benzene rings is 3. The molecule has 0 saturated carbocycles. The number of ether oxygens (including phenoxy) is 2. The largest absolute Gasteiger partial charge is 0.382 e. The molecule has 0 N–H and O–H groups in total. The Hall–Kier alpha value is -1.90. The molecule has 2 atom stereocenters. The van der Waals surface area contributed by atoms with Gasteiger partial charge in [-0.1, -0.05) is 47.5 Å². The van der Waals surface area contributed by atoms with Crippen molar-refractivity contribution in [3.63, 3.8) is 0 Å². The molecule has 3 rings (SSSR count). The van der Waals surface area contributed by atoms with E-state index in [4.69, 9.17) is 9.47 Å². The Kier molecular flexibility index (Phi) is 6.74. The average molecular weight is 379 g/mol. The van der Waals surface area contributed by atoms with Crippen LogP contribution in [-0.2, 0) is 22.3 Å². The van der Waals surface area contributed by atoms with E-state index in [1.165, 1.54) is 43.8 Å². The van der Waals surface area contributed by atoms with Gasteiger partial charge in [-0.05, 0) is 86.1 Å². The third kappa shape index (κ3) is 4.39. The van der Waals surface area contributed by atoms with E-state index in [2.05, 4.69) is 64.1 Å². The van der Waals surface area contributed by atoms with Crippen molar-refractivity contribution in [1.82, 2.24) is 0 Å². The van der Waals surface area contributed by atoms with Gasteiger partial charge in [0, 0.05) is 14.2 Å². The van der Waals surface area contributed by atoms with Crippen molar-refractivity contribution in [2.75, 3.05) is 14.2 Å². The minimum absolute atomic E-state index is 0.263. The Labute approximate surface area is 169 Å². The summed E-state index contributed by atoms with van der Waals surface area (Å²) < 4.78 is 11.1. The standard InChI is InChI=1S/C26H34O2/c1-17-7-11-21-22-12-8-18(2)16-26(22)24(14-10-20(4)28-6)23(25(21)15-17)13-9-19(3)27-5/h7-8,11-12,15-16,19-20H,9-10,13-14H2,1-6H3. The molecule has 150 valence electrons. The van der Waals surface area contributed by atoms with E-state index in [9.17, 15) is 0 Å². The van der Waals surface area contributed by atoms with Gasteiger partial charge >= 0.3 is 0 Å². The van der Waals surface area contributed by atoms with Gasteiger partial charge < -0.3 is 9.47 Å². The molecule has 2 nitrogen and oxygen atoms in total. The third-order valence-electron chi connectivity index (χ3n) is 6.06. The van der Waals surface area contributed by atoms with E-state index in [-0.39, 0.29) is 12.2 Å². The van der Waals surface area contributed by atoms with E-state index in [0.29, 0.717) is 0 Å². The highest BCUT2D eigenvalue weighted by Crippen LogP contribution is 2.36. The number of methoxy groups -OCH3 is 2. The molecule has 0 bridgehead atoms. The van der Waals surface area contributed by atoms with Gasteiger partial charge in [-0.25, -0.2) is 0 Å². The number of fused-ring (bicyclic) bond motifs is 3. The summed E-state index contributed by atoms with van der Waals surface area (Å²) in [7, 11) is 3.61. The fourth-order valence-corrected chi connectivity index (χ4v) is 4.11. The lowest BCUT2D eigenvalue weighted by Gasteiger charge is -2.21. The van der Waals surface area contributed by atoms with Crippen molar-refractivity contribution in [3.05, 3.63) is 58.7 Å². The van der Waals surface area contributed by atoms with Crippen LogP contribution in [0.3, 0.4) is 0 Å². The minimum atomic E-state index is 0.263. The first-order valence-electron chi connectivity index (χ1n) is 10.4. The van der Waals surface area contributed by atoms with Crippen LogP contribution in [0, 0.1) is 13.8 Å². The zero-order chi connectivity index (χ0) is 20.3. The van der Waals surface area contributed by atoms with Crippen LogP contribution in [0.15, 0.2) is 36.4 Å². The topological polar surface area (TPSA) is 18.5 Å². The van der Waals surface area contributed by atoms with Crippen molar-refractivity contribution in [1.29, 1.82) is 0 Å². The Bertz CT molecular complexity index is 879. The fourth-order valence-electron chi connectivity index (χ4n) is 4.11. The van der Waals surface area contributed by atoms with Gasteiger partial charge in [0.2, 0.25) is 0 Å². The second kappa shape index (κ2) is 9.07. The second-order valence-electron chi connectivity index (χ2n) is 8.23. The van der Waals surface area contributed by atoms with Crippen molar-refractivity contribution >= 4 is 21.5 Å². The summed E-state index contributed by atoms with van der Waals surface area (Å²) in [5.74, 6) is 0. The molecular weight excluding hydrogens is 344 g/mol. The first-order valence-corrected chi connectivity index (χ1v) is 10.4. The van der Waals surface area contributed by atoms with Gasteiger partial charge in [-0.15, -0.1) is 0 Å². The molecule has 3 aromatic rings. The van der Waals surface area contributed by atoms with Gasteiger partial charge in [0.05, 0.1) is 12.2 Å². The van der Waals surface area contributed by atoms with E-state index in [1.807, 2.05) is 0 Å². The Balaban J connectivity index is 2.25. The lowest BCUT2D eigenvalue weighted by molar-refractivity contribution is 0.110. The second-order valence-corrected chi connectivity index (χ2v) is 8.23. The van der Waals surface area contributed by atoms with Crippen LogP contribution in [0.4, 0.5) is 0 Å². The monoisotopic (exact) mass is 378 g/mol. The Morgan fingerprint density at radius 2 is 1.04 bits per heavy atom. The highest BCUT2D eigenvalue weighted by Gasteiger charge is 2.16. The van der Waals surface area contributed by atoms with Gasteiger partial charge in [-0.2, -0.15) is 0 Å². The van der Waals surface area contributed by atoms with Crippen molar-refractivity contribution in [2.24, 2.45) is 0 Å². The van der Waals surface area contributed by atoms with Crippen molar-refractivity contribution in [3.8, 4) is 0 Å². The summed E-state index contributed by atoms with van der Waals surface area (Å²) in [5.41, 5.74) is 5.61. The van der Waals surface area contributed by atoms with Crippen molar-refractivity contribution in [2.45, 2.75) is 65.6 Å². The quantitative estimate of drug-likeness (QED) is 0.414. The molecule has 0 radical (unpaired) electrons. The third-order valence-corrected chi connectivity index (χ3v) is 6.06. The highest BCUT2D eigenvalue weighted by molar-refractivity contribution is 6.11. The van der Waals surface area contributed by atoms with Crippen LogP contribution in [-0.4, -0.2) is 26.4 Å². The first-order chi connectivity index (χ1) is 13.4. The highest BCUT2D eigenvalue weighted by atomic mass is 16.5. The molecule has 0 amide bonds. The predicted molar refractivity (Wildman–Crippen MR) is 121 cm³/mol.